The normalized spacial score (nSPS) is 18.0. The number of nitrogens with zero attached hydrogens (tertiary/aromatic N) is 2. The zero-order valence-corrected chi connectivity index (χ0v) is 15.6. The molecule has 1 aliphatic carbocycles. The van der Waals surface area contributed by atoms with Gasteiger partial charge in [0, 0.05) is 37.6 Å². The van der Waals surface area contributed by atoms with E-state index in [-0.39, 0.29) is 22.4 Å². The number of aromatic nitrogens is 2. The van der Waals surface area contributed by atoms with E-state index >= 15 is 0 Å². The molecule has 1 saturated heterocycles. The van der Waals surface area contributed by atoms with Crippen molar-refractivity contribution in [2.75, 3.05) is 26.2 Å². The van der Waals surface area contributed by atoms with Gasteiger partial charge in [-0.25, -0.2) is 9.18 Å². The standard InChI is InChI=1S/C18H17FN4O4S/c19-12-7-11-13(8-10(12)18(26)27-22-5-3-20-4-6-22)23(9-1-2-9)17-14(15(11)24)16(25)21-28-17/h7-9,20H,1-6H2,(H,21,25). The number of halogens is 1. The number of aromatic amines is 1. The van der Waals surface area contributed by atoms with Crippen molar-refractivity contribution >= 4 is 38.6 Å². The first-order valence-corrected chi connectivity index (χ1v) is 9.93. The van der Waals surface area contributed by atoms with Crippen molar-refractivity contribution in [3.05, 3.63) is 44.1 Å². The second-order valence-electron chi connectivity index (χ2n) is 7.05. The third-order valence-electron chi connectivity index (χ3n) is 5.14. The van der Waals surface area contributed by atoms with Gasteiger partial charge in [-0.15, -0.1) is 5.06 Å². The molecule has 0 amide bonds. The molecule has 28 heavy (non-hydrogen) atoms. The van der Waals surface area contributed by atoms with Crippen LogP contribution in [0.5, 0.6) is 0 Å². The summed E-state index contributed by atoms with van der Waals surface area (Å²) < 4.78 is 19.2. The number of hydroxylamine groups is 2. The molecule has 2 fully saturated rings. The predicted molar refractivity (Wildman–Crippen MR) is 102 cm³/mol. The zero-order valence-electron chi connectivity index (χ0n) is 14.8. The molecule has 2 aromatic heterocycles. The highest BCUT2D eigenvalue weighted by atomic mass is 32.1. The molecule has 146 valence electrons. The lowest BCUT2D eigenvalue weighted by Gasteiger charge is -2.25. The average Bonchev–Trinajstić information content (AvgIpc) is 3.45. The molecule has 1 aromatic carbocycles. The van der Waals surface area contributed by atoms with Crippen LogP contribution in [0.1, 0.15) is 29.2 Å². The van der Waals surface area contributed by atoms with Crippen LogP contribution in [0.2, 0.25) is 0 Å². The predicted octanol–water partition coefficient (Wildman–Crippen LogP) is 1.36. The number of rotatable bonds is 3. The van der Waals surface area contributed by atoms with Crippen LogP contribution in [0.25, 0.3) is 21.1 Å². The van der Waals surface area contributed by atoms with Gasteiger partial charge < -0.3 is 14.7 Å². The summed E-state index contributed by atoms with van der Waals surface area (Å²) in [6.45, 7) is 2.40. The molecule has 2 N–H and O–H groups in total. The monoisotopic (exact) mass is 404 g/mol. The molecule has 3 heterocycles. The summed E-state index contributed by atoms with van der Waals surface area (Å²) in [5.74, 6) is -1.63. The topological polar surface area (TPSA) is 96.4 Å². The maximum Gasteiger partial charge on any atom is 0.360 e. The van der Waals surface area contributed by atoms with Crippen molar-refractivity contribution in [3.8, 4) is 0 Å². The van der Waals surface area contributed by atoms with Gasteiger partial charge >= 0.3 is 5.97 Å². The lowest BCUT2D eigenvalue weighted by atomic mass is 10.1. The third-order valence-corrected chi connectivity index (χ3v) is 6.02. The molecule has 10 heteroatoms. The van der Waals surface area contributed by atoms with Crippen molar-refractivity contribution in [1.82, 2.24) is 19.3 Å². The first-order valence-electron chi connectivity index (χ1n) is 9.11. The summed E-state index contributed by atoms with van der Waals surface area (Å²) in [6.07, 6.45) is 1.80. The molecule has 0 radical (unpaired) electrons. The fourth-order valence-corrected chi connectivity index (χ4v) is 4.53. The first kappa shape index (κ1) is 17.5. The number of nitrogens with one attached hydrogen (secondary N) is 2. The fourth-order valence-electron chi connectivity index (χ4n) is 3.60. The summed E-state index contributed by atoms with van der Waals surface area (Å²) in [6, 6.07) is 2.54. The summed E-state index contributed by atoms with van der Waals surface area (Å²) in [4.78, 5) is 43.3. The Morgan fingerprint density at radius 3 is 2.68 bits per heavy atom. The van der Waals surface area contributed by atoms with Crippen molar-refractivity contribution in [2.45, 2.75) is 18.9 Å². The Balaban J connectivity index is 1.68. The Bertz CT molecular complexity index is 1220. The number of piperazine rings is 1. The fraction of sp³-hybridized carbons (Fsp3) is 0.389. The van der Waals surface area contributed by atoms with Gasteiger partial charge in [-0.1, -0.05) is 0 Å². The van der Waals surface area contributed by atoms with Gasteiger partial charge in [0.25, 0.3) is 5.56 Å². The third kappa shape index (κ3) is 2.76. The first-order chi connectivity index (χ1) is 13.5. The second kappa shape index (κ2) is 6.50. The number of hydrogen-bond acceptors (Lipinski definition) is 7. The average molecular weight is 404 g/mol. The molecular weight excluding hydrogens is 387 g/mol. The highest BCUT2D eigenvalue weighted by Gasteiger charge is 2.30. The minimum Gasteiger partial charge on any atom is -0.364 e. The highest BCUT2D eigenvalue weighted by molar-refractivity contribution is 7.12. The molecule has 5 rings (SSSR count). The largest absolute Gasteiger partial charge is 0.364 e. The Labute approximate surface area is 161 Å². The Hall–Kier alpha value is -2.56. The minimum atomic E-state index is -0.835. The van der Waals surface area contributed by atoms with E-state index in [1.165, 1.54) is 11.1 Å². The summed E-state index contributed by atoms with van der Waals surface area (Å²) in [7, 11) is 0. The molecule has 3 aromatic rings. The maximum absolute atomic E-state index is 14.7. The zero-order chi connectivity index (χ0) is 19.4. The van der Waals surface area contributed by atoms with Crippen LogP contribution in [-0.4, -0.2) is 46.2 Å². The smallest absolute Gasteiger partial charge is 0.360 e. The molecule has 0 spiro atoms. The van der Waals surface area contributed by atoms with Crippen LogP contribution in [0.15, 0.2) is 21.7 Å². The molecule has 2 aliphatic rings. The van der Waals surface area contributed by atoms with E-state index in [1.54, 1.807) is 0 Å². The van der Waals surface area contributed by atoms with Gasteiger partial charge in [0.1, 0.15) is 16.0 Å². The summed E-state index contributed by atoms with van der Waals surface area (Å²) in [5.41, 5.74) is -0.764. The van der Waals surface area contributed by atoms with E-state index in [0.717, 1.165) is 30.4 Å². The molecule has 0 unspecified atom stereocenters. The van der Waals surface area contributed by atoms with Crippen LogP contribution in [0.3, 0.4) is 0 Å². The Kier molecular flexibility index (Phi) is 4.07. The number of fused-ring (bicyclic) bond motifs is 2. The van der Waals surface area contributed by atoms with E-state index in [0.29, 0.717) is 36.5 Å². The number of hydrogen-bond donors (Lipinski definition) is 2. The molecule has 0 bridgehead atoms. The molecule has 8 nitrogen and oxygen atoms in total. The number of benzene rings is 1. The van der Waals surface area contributed by atoms with Crippen LogP contribution in [-0.2, 0) is 4.84 Å². The number of carbonyl (C=O) groups is 1. The van der Waals surface area contributed by atoms with Gasteiger partial charge in [-0.05, 0) is 36.5 Å². The van der Waals surface area contributed by atoms with Crippen LogP contribution in [0.4, 0.5) is 4.39 Å². The van der Waals surface area contributed by atoms with Gasteiger partial charge in [-0.2, -0.15) is 0 Å². The van der Waals surface area contributed by atoms with Crippen LogP contribution >= 0.6 is 11.5 Å². The Morgan fingerprint density at radius 1 is 1.21 bits per heavy atom. The van der Waals surface area contributed by atoms with E-state index in [1.807, 2.05) is 4.57 Å². The molecule has 1 saturated carbocycles. The quantitative estimate of drug-likeness (QED) is 0.684. The van der Waals surface area contributed by atoms with Crippen molar-refractivity contribution in [1.29, 1.82) is 0 Å². The maximum atomic E-state index is 14.7. The van der Waals surface area contributed by atoms with Crippen molar-refractivity contribution in [2.24, 2.45) is 0 Å². The summed E-state index contributed by atoms with van der Waals surface area (Å²) in [5, 5.41) is 4.78. The minimum absolute atomic E-state index is 0.0416. The molecule has 0 atom stereocenters. The molecule has 1 aliphatic heterocycles. The number of pyridine rings is 1. The van der Waals surface area contributed by atoms with Crippen LogP contribution in [0, 0.1) is 5.82 Å². The van der Waals surface area contributed by atoms with Crippen molar-refractivity contribution in [3.63, 3.8) is 0 Å². The van der Waals surface area contributed by atoms with Crippen LogP contribution < -0.4 is 16.3 Å². The second-order valence-corrected chi connectivity index (χ2v) is 7.85. The number of carbonyl (C=O) groups excluding carboxylic acids is 1. The van der Waals surface area contributed by atoms with Gasteiger partial charge in [0.2, 0.25) is 5.43 Å². The van der Waals surface area contributed by atoms with E-state index in [4.69, 9.17) is 4.84 Å². The van der Waals surface area contributed by atoms with E-state index in [2.05, 4.69) is 9.69 Å². The SMILES string of the molecule is O=C(ON1CCNCC1)c1cc2c(cc1F)c(=O)c1c(=O)[nH]sc1n2C1CC1. The highest BCUT2D eigenvalue weighted by Crippen LogP contribution is 2.40. The van der Waals surface area contributed by atoms with Gasteiger partial charge in [0.15, 0.2) is 0 Å². The van der Waals surface area contributed by atoms with Gasteiger partial charge in [0.05, 0.1) is 11.1 Å². The lowest BCUT2D eigenvalue weighted by Crippen LogP contribution is -2.44. The van der Waals surface area contributed by atoms with E-state index < -0.39 is 22.8 Å². The van der Waals surface area contributed by atoms with Crippen molar-refractivity contribution < 1.29 is 14.0 Å². The molecular formula is C18H17FN4O4S. The van der Waals surface area contributed by atoms with Gasteiger partial charge in [-0.3, -0.25) is 14.0 Å². The summed E-state index contributed by atoms with van der Waals surface area (Å²) >= 11 is 1.09. The lowest BCUT2D eigenvalue weighted by molar-refractivity contribution is -0.115. The number of H-pyrrole nitrogens is 1. The van der Waals surface area contributed by atoms with E-state index in [9.17, 15) is 18.8 Å². The Morgan fingerprint density at radius 2 is 1.96 bits per heavy atom.